The summed E-state index contributed by atoms with van der Waals surface area (Å²) in [5.41, 5.74) is -0.476. The lowest BCUT2D eigenvalue weighted by atomic mass is 9.98. The maximum Gasteiger partial charge on any atom is 0.335 e. The Morgan fingerprint density at radius 2 is 1.58 bits per heavy atom. The van der Waals surface area contributed by atoms with Crippen molar-refractivity contribution in [2.45, 2.75) is 12.2 Å². The van der Waals surface area contributed by atoms with Crippen molar-refractivity contribution in [1.82, 2.24) is 5.32 Å². The van der Waals surface area contributed by atoms with E-state index < -0.39 is 24.1 Å². The van der Waals surface area contributed by atoms with Crippen LogP contribution in [0.3, 0.4) is 0 Å². The fraction of sp³-hybridized carbons (Fsp3) is 0.333. The highest BCUT2D eigenvalue weighted by Crippen LogP contribution is 2.20. The molecule has 0 bridgehead atoms. The van der Waals surface area contributed by atoms with Gasteiger partial charge in [0.15, 0.2) is 0 Å². The van der Waals surface area contributed by atoms with Gasteiger partial charge in [-0.1, -0.05) is 0 Å². The molecule has 0 amide bonds. The Kier molecular flexibility index (Phi) is 4.99. The van der Waals surface area contributed by atoms with Crippen LogP contribution < -0.4 is 5.32 Å². The molecule has 2 atom stereocenters. The molecule has 7 heteroatoms. The summed E-state index contributed by atoms with van der Waals surface area (Å²) in [5, 5.41) is 39.9. The molecule has 0 spiro atoms. The van der Waals surface area contributed by atoms with E-state index in [-0.39, 0.29) is 23.2 Å². The second-order valence-electron chi connectivity index (χ2n) is 4.02. The van der Waals surface area contributed by atoms with Gasteiger partial charge in [-0.3, -0.25) is 0 Å². The second kappa shape index (κ2) is 6.28. The summed E-state index contributed by atoms with van der Waals surface area (Å²) >= 11 is 0. The summed E-state index contributed by atoms with van der Waals surface area (Å²) in [6.07, 6.45) is -2.54. The van der Waals surface area contributed by atoms with Crippen LogP contribution in [-0.4, -0.2) is 52.1 Å². The Hall–Kier alpha value is -1.96. The number of carboxylic acid groups (broad SMARTS) is 2. The van der Waals surface area contributed by atoms with Crippen LogP contribution in [0.15, 0.2) is 18.2 Å². The standard InChI is InChI=1S/C12H15NO6/c1-13-5-9(14)10(15)6-2-7(11(16)17)4-8(3-6)12(18)19/h2-4,9-10,13-15H,5H2,1H3,(H,16,17)(H,18,19). The molecule has 1 aromatic rings. The van der Waals surface area contributed by atoms with E-state index in [4.69, 9.17) is 10.2 Å². The predicted molar refractivity (Wildman–Crippen MR) is 65.3 cm³/mol. The quantitative estimate of drug-likeness (QED) is 0.479. The zero-order chi connectivity index (χ0) is 14.6. The average Bonchev–Trinajstić information content (AvgIpc) is 2.37. The lowest BCUT2D eigenvalue weighted by Crippen LogP contribution is -2.29. The van der Waals surface area contributed by atoms with Crippen molar-refractivity contribution in [2.24, 2.45) is 0 Å². The molecule has 0 aliphatic heterocycles. The third-order valence-corrected chi connectivity index (χ3v) is 2.57. The molecule has 0 saturated carbocycles. The van der Waals surface area contributed by atoms with E-state index in [1.807, 2.05) is 0 Å². The topological polar surface area (TPSA) is 127 Å². The molecule has 104 valence electrons. The molecule has 5 N–H and O–H groups in total. The molecule has 2 unspecified atom stereocenters. The number of hydrogen-bond donors (Lipinski definition) is 5. The first kappa shape index (κ1) is 15.1. The number of nitrogens with one attached hydrogen (secondary N) is 1. The van der Waals surface area contributed by atoms with Crippen molar-refractivity contribution in [3.8, 4) is 0 Å². The van der Waals surface area contributed by atoms with E-state index >= 15 is 0 Å². The number of benzene rings is 1. The number of aliphatic hydroxyl groups excluding tert-OH is 2. The molecule has 1 rings (SSSR count). The summed E-state index contributed by atoms with van der Waals surface area (Å²) in [6.45, 7) is 0.0842. The summed E-state index contributed by atoms with van der Waals surface area (Å²) < 4.78 is 0. The van der Waals surface area contributed by atoms with Crippen LogP contribution >= 0.6 is 0 Å². The number of carbonyl (C=O) groups is 2. The normalized spacial score (nSPS) is 13.8. The first-order valence-corrected chi connectivity index (χ1v) is 5.49. The number of hydrogen-bond acceptors (Lipinski definition) is 5. The Morgan fingerprint density at radius 3 is 1.95 bits per heavy atom. The van der Waals surface area contributed by atoms with Crippen LogP contribution in [-0.2, 0) is 0 Å². The Morgan fingerprint density at radius 1 is 1.11 bits per heavy atom. The Bertz CT molecular complexity index is 455. The van der Waals surface area contributed by atoms with Crippen molar-refractivity contribution < 1.29 is 30.0 Å². The molecule has 19 heavy (non-hydrogen) atoms. The largest absolute Gasteiger partial charge is 0.478 e. The minimum Gasteiger partial charge on any atom is -0.478 e. The van der Waals surface area contributed by atoms with Crippen molar-refractivity contribution in [3.63, 3.8) is 0 Å². The van der Waals surface area contributed by atoms with E-state index in [2.05, 4.69) is 5.32 Å². The Balaban J connectivity index is 3.19. The van der Waals surface area contributed by atoms with Crippen LogP contribution in [0.4, 0.5) is 0 Å². The molecule has 1 aromatic carbocycles. The van der Waals surface area contributed by atoms with Crippen LogP contribution in [0.5, 0.6) is 0 Å². The number of likely N-dealkylation sites (N-methyl/N-ethyl adjacent to an activating group) is 1. The van der Waals surface area contributed by atoms with Crippen LogP contribution in [0.2, 0.25) is 0 Å². The van der Waals surface area contributed by atoms with Gasteiger partial charge in [-0.2, -0.15) is 0 Å². The molecule has 0 saturated heterocycles. The molecule has 0 heterocycles. The first-order valence-electron chi connectivity index (χ1n) is 5.49. The van der Waals surface area contributed by atoms with Gasteiger partial charge in [-0.15, -0.1) is 0 Å². The average molecular weight is 269 g/mol. The van der Waals surface area contributed by atoms with Gasteiger partial charge in [0, 0.05) is 6.54 Å². The molecule has 0 radical (unpaired) electrons. The molecule has 0 aliphatic carbocycles. The minimum absolute atomic E-state index is 0.0417. The van der Waals surface area contributed by atoms with E-state index in [0.717, 1.165) is 18.2 Å². The van der Waals surface area contributed by atoms with Crippen LogP contribution in [0.25, 0.3) is 0 Å². The van der Waals surface area contributed by atoms with E-state index in [1.165, 1.54) is 0 Å². The van der Waals surface area contributed by atoms with Gasteiger partial charge >= 0.3 is 11.9 Å². The smallest absolute Gasteiger partial charge is 0.335 e. The maximum atomic E-state index is 10.9. The monoisotopic (exact) mass is 269 g/mol. The lowest BCUT2D eigenvalue weighted by Gasteiger charge is -2.18. The summed E-state index contributed by atoms with van der Waals surface area (Å²) in [4.78, 5) is 21.8. The van der Waals surface area contributed by atoms with Crippen molar-refractivity contribution in [3.05, 3.63) is 34.9 Å². The van der Waals surface area contributed by atoms with Gasteiger partial charge in [0.05, 0.1) is 17.2 Å². The van der Waals surface area contributed by atoms with Crippen molar-refractivity contribution in [2.75, 3.05) is 13.6 Å². The molecule has 0 aromatic heterocycles. The van der Waals surface area contributed by atoms with Crippen LogP contribution in [0, 0.1) is 0 Å². The van der Waals surface area contributed by atoms with Gasteiger partial charge in [0.2, 0.25) is 0 Å². The van der Waals surface area contributed by atoms with Crippen molar-refractivity contribution in [1.29, 1.82) is 0 Å². The van der Waals surface area contributed by atoms with Gasteiger partial charge in [-0.05, 0) is 30.8 Å². The van der Waals surface area contributed by atoms with E-state index in [1.54, 1.807) is 7.05 Å². The molecular formula is C12H15NO6. The summed E-state index contributed by atoms with van der Waals surface area (Å²) in [7, 11) is 1.58. The minimum atomic E-state index is -1.37. The number of carboxylic acids is 2. The van der Waals surface area contributed by atoms with Crippen molar-refractivity contribution >= 4 is 11.9 Å². The number of aliphatic hydroxyl groups is 2. The van der Waals surface area contributed by atoms with Crippen LogP contribution in [0.1, 0.15) is 32.4 Å². The SMILES string of the molecule is CNCC(O)C(O)c1cc(C(=O)O)cc(C(=O)O)c1. The number of aromatic carboxylic acids is 2. The fourth-order valence-electron chi connectivity index (χ4n) is 1.61. The first-order chi connectivity index (χ1) is 8.86. The van der Waals surface area contributed by atoms with Gasteiger partial charge < -0.3 is 25.7 Å². The van der Waals surface area contributed by atoms with Gasteiger partial charge in [-0.25, -0.2) is 9.59 Å². The van der Waals surface area contributed by atoms with E-state index in [0.29, 0.717) is 0 Å². The molecule has 0 aliphatic rings. The zero-order valence-corrected chi connectivity index (χ0v) is 10.2. The number of rotatable bonds is 6. The predicted octanol–water partition coefficient (Wildman–Crippen LogP) is -0.303. The lowest BCUT2D eigenvalue weighted by molar-refractivity contribution is 0.0201. The second-order valence-corrected chi connectivity index (χ2v) is 4.02. The highest BCUT2D eigenvalue weighted by molar-refractivity contribution is 5.94. The molecule has 7 nitrogen and oxygen atoms in total. The van der Waals surface area contributed by atoms with E-state index in [9.17, 15) is 19.8 Å². The molecule has 0 fully saturated rings. The third kappa shape index (κ3) is 3.75. The highest BCUT2D eigenvalue weighted by Gasteiger charge is 2.21. The van der Waals surface area contributed by atoms with Gasteiger partial charge in [0.1, 0.15) is 6.10 Å². The summed E-state index contributed by atoms with van der Waals surface area (Å²) in [6, 6.07) is 3.27. The summed E-state index contributed by atoms with van der Waals surface area (Å²) in [5.74, 6) is -2.61. The fourth-order valence-corrected chi connectivity index (χ4v) is 1.61. The highest BCUT2D eigenvalue weighted by atomic mass is 16.4. The third-order valence-electron chi connectivity index (χ3n) is 2.57. The zero-order valence-electron chi connectivity index (χ0n) is 10.2. The molecular weight excluding hydrogens is 254 g/mol. The maximum absolute atomic E-state index is 10.9. The van der Waals surface area contributed by atoms with Gasteiger partial charge in [0.25, 0.3) is 0 Å². The Labute approximate surface area is 109 Å².